The van der Waals surface area contributed by atoms with Crippen LogP contribution in [0.3, 0.4) is 0 Å². The Morgan fingerprint density at radius 3 is 2.30 bits per heavy atom. The summed E-state index contributed by atoms with van der Waals surface area (Å²) in [6, 6.07) is 35.9. The molecule has 0 bridgehead atoms. The second kappa shape index (κ2) is 13.0. The molecule has 1 aromatic heterocycles. The van der Waals surface area contributed by atoms with Gasteiger partial charge in [0.05, 0.1) is 29.3 Å². The van der Waals surface area contributed by atoms with E-state index < -0.39 is 0 Å². The number of hydrazone groups is 1. The maximum absolute atomic E-state index is 14.0. The molecule has 0 fully saturated rings. The van der Waals surface area contributed by atoms with Crippen LogP contribution >= 0.6 is 11.8 Å². The summed E-state index contributed by atoms with van der Waals surface area (Å²) in [7, 11) is 0. The highest BCUT2D eigenvalue weighted by atomic mass is 32.2. The van der Waals surface area contributed by atoms with Gasteiger partial charge in [-0.15, -0.1) is 11.8 Å². The summed E-state index contributed by atoms with van der Waals surface area (Å²) in [5.41, 5.74) is 6.63. The SMILES string of the molecule is CCCOc1cccc(-c2nn(-c3ccccc3)cc2/C=C2\C(=O)N(c3ccccc3)N=C2CSc2ccc(C)cc2)c1. The number of anilines is 1. The van der Waals surface area contributed by atoms with Crippen molar-refractivity contribution in [3.05, 3.63) is 132 Å². The Hall–Kier alpha value is -4.88. The van der Waals surface area contributed by atoms with Crippen molar-refractivity contribution in [2.75, 3.05) is 17.4 Å². The minimum absolute atomic E-state index is 0.163. The highest BCUT2D eigenvalue weighted by Crippen LogP contribution is 2.32. The average molecular weight is 585 g/mol. The minimum Gasteiger partial charge on any atom is -0.494 e. The van der Waals surface area contributed by atoms with Gasteiger partial charge in [0.25, 0.3) is 5.91 Å². The fraction of sp³-hybridized carbons (Fsp3) is 0.139. The Morgan fingerprint density at radius 1 is 0.860 bits per heavy atom. The van der Waals surface area contributed by atoms with Gasteiger partial charge in [-0.25, -0.2) is 4.68 Å². The van der Waals surface area contributed by atoms with Crippen molar-refractivity contribution in [1.82, 2.24) is 9.78 Å². The van der Waals surface area contributed by atoms with Crippen LogP contribution in [-0.2, 0) is 4.79 Å². The summed E-state index contributed by atoms with van der Waals surface area (Å²) in [6.07, 6.45) is 4.83. The molecule has 0 saturated heterocycles. The van der Waals surface area contributed by atoms with E-state index in [9.17, 15) is 4.79 Å². The number of ether oxygens (including phenoxy) is 1. The van der Waals surface area contributed by atoms with Crippen LogP contribution in [0.1, 0.15) is 24.5 Å². The van der Waals surface area contributed by atoms with Crippen LogP contribution in [0.15, 0.2) is 131 Å². The molecule has 43 heavy (non-hydrogen) atoms. The molecule has 1 aliphatic heterocycles. The molecule has 2 heterocycles. The van der Waals surface area contributed by atoms with Crippen LogP contribution in [0.4, 0.5) is 5.69 Å². The zero-order chi connectivity index (χ0) is 29.6. The van der Waals surface area contributed by atoms with Gasteiger partial charge in [-0.1, -0.05) is 73.2 Å². The lowest BCUT2D eigenvalue weighted by Gasteiger charge is -2.11. The van der Waals surface area contributed by atoms with Gasteiger partial charge in [0.15, 0.2) is 0 Å². The monoisotopic (exact) mass is 584 g/mol. The Kier molecular flexibility index (Phi) is 8.52. The lowest BCUT2D eigenvalue weighted by atomic mass is 10.0. The van der Waals surface area contributed by atoms with Gasteiger partial charge in [-0.3, -0.25) is 4.79 Å². The van der Waals surface area contributed by atoms with Crippen LogP contribution in [0, 0.1) is 6.92 Å². The third-order valence-electron chi connectivity index (χ3n) is 7.00. The van der Waals surface area contributed by atoms with E-state index >= 15 is 0 Å². The molecule has 0 aliphatic carbocycles. The minimum atomic E-state index is -0.163. The number of carbonyl (C=O) groups is 1. The summed E-state index contributed by atoms with van der Waals surface area (Å²) in [4.78, 5) is 15.1. The number of aromatic nitrogens is 2. The zero-order valence-corrected chi connectivity index (χ0v) is 25.0. The second-order valence-electron chi connectivity index (χ2n) is 10.2. The molecule has 0 radical (unpaired) electrons. The zero-order valence-electron chi connectivity index (χ0n) is 24.2. The van der Waals surface area contributed by atoms with Gasteiger partial charge >= 0.3 is 0 Å². The quantitative estimate of drug-likeness (QED) is 0.123. The lowest BCUT2D eigenvalue weighted by molar-refractivity contribution is -0.114. The fourth-order valence-corrected chi connectivity index (χ4v) is 5.62. The molecule has 5 aromatic rings. The molecule has 0 unspecified atom stereocenters. The third-order valence-corrected chi connectivity index (χ3v) is 8.02. The summed E-state index contributed by atoms with van der Waals surface area (Å²) in [5, 5.41) is 11.3. The Labute approximate surface area is 256 Å². The second-order valence-corrected chi connectivity index (χ2v) is 11.3. The van der Waals surface area contributed by atoms with E-state index in [1.54, 1.807) is 11.8 Å². The van der Waals surface area contributed by atoms with Crippen molar-refractivity contribution in [2.24, 2.45) is 5.10 Å². The number of rotatable bonds is 10. The van der Waals surface area contributed by atoms with Crippen LogP contribution in [0.25, 0.3) is 23.0 Å². The smallest absolute Gasteiger partial charge is 0.280 e. The number of thioether (sulfide) groups is 1. The van der Waals surface area contributed by atoms with Gasteiger partial charge in [0, 0.05) is 28.0 Å². The highest BCUT2D eigenvalue weighted by molar-refractivity contribution is 8.00. The van der Waals surface area contributed by atoms with E-state index in [1.165, 1.54) is 10.6 Å². The lowest BCUT2D eigenvalue weighted by Crippen LogP contribution is -2.21. The number of nitrogens with zero attached hydrogens (tertiary/aromatic N) is 4. The van der Waals surface area contributed by atoms with Crippen LogP contribution in [-0.4, -0.2) is 33.8 Å². The standard InChI is InChI=1S/C36H32N4O2S/c1-3-21-42-31-16-10-11-27(22-31)35-28(24-39(38-35)29-12-6-4-7-13-29)23-33-34(25-43-32-19-17-26(2)18-20-32)37-40(36(33)41)30-14-8-5-9-15-30/h4-20,22-24H,3,21,25H2,1-2H3/b33-23-. The summed E-state index contributed by atoms with van der Waals surface area (Å²) in [6.45, 7) is 4.80. The van der Waals surface area contributed by atoms with E-state index in [4.69, 9.17) is 14.9 Å². The number of amides is 1. The molecule has 0 atom stereocenters. The molecular formula is C36H32N4O2S. The summed E-state index contributed by atoms with van der Waals surface area (Å²) >= 11 is 1.66. The van der Waals surface area contributed by atoms with Crippen molar-refractivity contribution >= 4 is 35.1 Å². The van der Waals surface area contributed by atoms with Gasteiger partial charge in [0.1, 0.15) is 11.4 Å². The summed E-state index contributed by atoms with van der Waals surface area (Å²) < 4.78 is 7.78. The number of hydrogen-bond donors (Lipinski definition) is 0. The number of para-hydroxylation sites is 2. The number of carbonyl (C=O) groups excluding carboxylic acids is 1. The number of aryl methyl sites for hydroxylation is 1. The summed E-state index contributed by atoms with van der Waals surface area (Å²) in [5.74, 6) is 1.17. The average Bonchev–Trinajstić information content (AvgIpc) is 3.62. The topological polar surface area (TPSA) is 59.7 Å². The number of hydrogen-bond acceptors (Lipinski definition) is 5. The van der Waals surface area contributed by atoms with Crippen molar-refractivity contribution in [1.29, 1.82) is 0 Å². The predicted octanol–water partition coefficient (Wildman–Crippen LogP) is 8.22. The van der Waals surface area contributed by atoms with Crippen LogP contribution < -0.4 is 9.75 Å². The van der Waals surface area contributed by atoms with Gasteiger partial charge in [-0.05, 0) is 68.0 Å². The van der Waals surface area contributed by atoms with Gasteiger partial charge in [-0.2, -0.15) is 15.2 Å². The molecule has 4 aromatic carbocycles. The number of benzene rings is 4. The molecule has 6 nitrogen and oxygen atoms in total. The van der Waals surface area contributed by atoms with E-state index in [2.05, 4.69) is 38.1 Å². The normalized spacial score (nSPS) is 13.9. The van der Waals surface area contributed by atoms with Gasteiger partial charge in [0.2, 0.25) is 0 Å². The van der Waals surface area contributed by atoms with Crippen molar-refractivity contribution in [3.63, 3.8) is 0 Å². The maximum atomic E-state index is 14.0. The first-order valence-electron chi connectivity index (χ1n) is 14.4. The maximum Gasteiger partial charge on any atom is 0.280 e. The molecule has 6 rings (SSSR count). The first kappa shape index (κ1) is 28.2. The molecule has 1 aliphatic rings. The van der Waals surface area contributed by atoms with E-state index in [0.29, 0.717) is 17.9 Å². The third kappa shape index (κ3) is 6.47. The molecule has 0 saturated carbocycles. The predicted molar refractivity (Wildman–Crippen MR) is 176 cm³/mol. The van der Waals surface area contributed by atoms with Crippen LogP contribution in [0.5, 0.6) is 5.75 Å². The Morgan fingerprint density at radius 2 is 1.58 bits per heavy atom. The van der Waals surface area contributed by atoms with Crippen molar-refractivity contribution in [2.45, 2.75) is 25.2 Å². The molecule has 1 amide bonds. The molecule has 0 spiro atoms. The fourth-order valence-electron chi connectivity index (χ4n) is 4.78. The van der Waals surface area contributed by atoms with E-state index in [0.717, 1.165) is 51.0 Å². The largest absolute Gasteiger partial charge is 0.494 e. The van der Waals surface area contributed by atoms with E-state index in [-0.39, 0.29) is 5.91 Å². The molecule has 7 heteroatoms. The Bertz CT molecular complexity index is 1780. The van der Waals surface area contributed by atoms with Gasteiger partial charge < -0.3 is 4.74 Å². The van der Waals surface area contributed by atoms with Crippen molar-refractivity contribution in [3.8, 4) is 22.7 Å². The first-order valence-corrected chi connectivity index (χ1v) is 15.3. The molecule has 0 N–H and O–H groups in total. The first-order chi connectivity index (χ1) is 21.1. The highest BCUT2D eigenvalue weighted by Gasteiger charge is 2.31. The van der Waals surface area contributed by atoms with E-state index in [1.807, 2.05) is 102 Å². The van der Waals surface area contributed by atoms with Crippen molar-refractivity contribution < 1.29 is 9.53 Å². The Balaban J connectivity index is 1.43. The van der Waals surface area contributed by atoms with Crippen LogP contribution in [0.2, 0.25) is 0 Å². The molecule has 214 valence electrons. The molecular weight excluding hydrogens is 552 g/mol.